The maximum Gasteiger partial charge on any atom is 0.256 e. The third-order valence-corrected chi connectivity index (χ3v) is 6.30. The fraction of sp³-hybridized carbons (Fsp3) is 0.222. The van der Waals surface area contributed by atoms with Crippen LogP contribution < -0.4 is 19.7 Å². The van der Waals surface area contributed by atoms with Gasteiger partial charge in [0.25, 0.3) is 5.91 Å². The molecular formula is C27H27N3O4S. The van der Waals surface area contributed by atoms with Crippen LogP contribution in [-0.2, 0) is 16.0 Å². The number of amides is 2. The number of ether oxygens (including phenoxy) is 2. The number of benzene rings is 3. The fourth-order valence-electron chi connectivity index (χ4n) is 4.01. The number of methoxy groups -OCH3 is 2. The monoisotopic (exact) mass is 489 g/mol. The Morgan fingerprint density at radius 2 is 1.51 bits per heavy atom. The summed E-state index contributed by atoms with van der Waals surface area (Å²) < 4.78 is 10.4. The number of nitrogens with one attached hydrogen (secondary N) is 1. The SMILES string of the molecule is COc1ccc(CCN2C(=S)N(c3ccccc3)C(=O)C2CC(=O)Nc2ccc(OC)cc2)cc1. The van der Waals surface area contributed by atoms with Gasteiger partial charge in [0, 0.05) is 12.2 Å². The molecule has 1 fully saturated rings. The van der Waals surface area contributed by atoms with Crippen molar-refractivity contribution < 1.29 is 19.1 Å². The summed E-state index contributed by atoms with van der Waals surface area (Å²) in [5.74, 6) is 1.01. The highest BCUT2D eigenvalue weighted by Crippen LogP contribution is 2.28. The molecule has 180 valence electrons. The van der Waals surface area contributed by atoms with Gasteiger partial charge in [-0.15, -0.1) is 0 Å². The molecule has 1 atom stereocenters. The number of hydrogen-bond acceptors (Lipinski definition) is 5. The van der Waals surface area contributed by atoms with Gasteiger partial charge in [0.2, 0.25) is 5.91 Å². The molecule has 1 heterocycles. The molecule has 1 saturated heterocycles. The number of thiocarbonyl (C=S) groups is 1. The highest BCUT2D eigenvalue weighted by atomic mass is 32.1. The molecule has 1 unspecified atom stereocenters. The van der Waals surface area contributed by atoms with Gasteiger partial charge in [-0.25, -0.2) is 0 Å². The standard InChI is InChI=1S/C27H27N3O4S/c1-33-22-12-8-19(9-13-22)16-17-29-24(18-25(31)28-20-10-14-23(34-2)15-11-20)26(32)30(27(29)35)21-6-4-3-5-7-21/h3-15,24H,16-18H2,1-2H3,(H,28,31). The van der Waals surface area contributed by atoms with Crippen molar-refractivity contribution in [1.82, 2.24) is 4.90 Å². The second-order valence-corrected chi connectivity index (χ2v) is 8.44. The van der Waals surface area contributed by atoms with E-state index in [1.54, 1.807) is 38.5 Å². The molecule has 1 aliphatic rings. The number of rotatable bonds is 9. The van der Waals surface area contributed by atoms with Gasteiger partial charge in [-0.1, -0.05) is 30.3 Å². The van der Waals surface area contributed by atoms with Gasteiger partial charge in [0.05, 0.1) is 26.3 Å². The smallest absolute Gasteiger partial charge is 0.256 e. The predicted molar refractivity (Wildman–Crippen MR) is 140 cm³/mol. The van der Waals surface area contributed by atoms with Crippen LogP contribution in [0.2, 0.25) is 0 Å². The average molecular weight is 490 g/mol. The summed E-state index contributed by atoms with van der Waals surface area (Å²) in [5.41, 5.74) is 2.41. The summed E-state index contributed by atoms with van der Waals surface area (Å²) >= 11 is 5.73. The minimum Gasteiger partial charge on any atom is -0.497 e. The predicted octanol–water partition coefficient (Wildman–Crippen LogP) is 4.28. The van der Waals surface area contributed by atoms with E-state index in [1.807, 2.05) is 59.5 Å². The number of carbonyl (C=O) groups is 2. The van der Waals surface area contributed by atoms with E-state index >= 15 is 0 Å². The number of para-hydroxylation sites is 1. The molecule has 0 aromatic heterocycles. The maximum atomic E-state index is 13.5. The Bertz CT molecular complexity index is 1180. The summed E-state index contributed by atoms with van der Waals surface area (Å²) in [5, 5.41) is 3.27. The third kappa shape index (κ3) is 5.60. The van der Waals surface area contributed by atoms with E-state index in [0.29, 0.717) is 35.2 Å². The molecule has 2 amide bonds. The Morgan fingerprint density at radius 1 is 0.914 bits per heavy atom. The number of anilines is 2. The van der Waals surface area contributed by atoms with Crippen molar-refractivity contribution in [2.24, 2.45) is 0 Å². The molecule has 0 aliphatic carbocycles. The van der Waals surface area contributed by atoms with E-state index in [9.17, 15) is 9.59 Å². The van der Waals surface area contributed by atoms with Gasteiger partial charge < -0.3 is 19.7 Å². The fourth-order valence-corrected chi connectivity index (χ4v) is 4.42. The summed E-state index contributed by atoms with van der Waals surface area (Å²) in [6.45, 7) is 0.501. The molecule has 35 heavy (non-hydrogen) atoms. The van der Waals surface area contributed by atoms with Gasteiger partial charge in [-0.3, -0.25) is 14.5 Å². The first kappa shape index (κ1) is 24.2. The first-order chi connectivity index (χ1) is 17.0. The lowest BCUT2D eigenvalue weighted by Crippen LogP contribution is -2.39. The van der Waals surface area contributed by atoms with Crippen molar-refractivity contribution in [2.45, 2.75) is 18.9 Å². The van der Waals surface area contributed by atoms with Crippen LogP contribution in [0, 0.1) is 0 Å². The molecular weight excluding hydrogens is 462 g/mol. The largest absolute Gasteiger partial charge is 0.497 e. The zero-order valence-electron chi connectivity index (χ0n) is 19.6. The third-order valence-electron chi connectivity index (χ3n) is 5.89. The van der Waals surface area contributed by atoms with Crippen molar-refractivity contribution >= 4 is 40.5 Å². The van der Waals surface area contributed by atoms with Crippen LogP contribution in [0.3, 0.4) is 0 Å². The maximum absolute atomic E-state index is 13.5. The molecule has 3 aromatic rings. The number of carbonyl (C=O) groups excluding carboxylic acids is 2. The molecule has 3 aromatic carbocycles. The Labute approximate surface area is 210 Å². The van der Waals surface area contributed by atoms with Gasteiger partial charge in [-0.05, 0) is 72.7 Å². The van der Waals surface area contributed by atoms with Crippen LogP contribution >= 0.6 is 12.2 Å². The van der Waals surface area contributed by atoms with Crippen molar-refractivity contribution in [3.63, 3.8) is 0 Å². The quantitative estimate of drug-likeness (QED) is 0.453. The van der Waals surface area contributed by atoms with Crippen molar-refractivity contribution in [2.75, 3.05) is 31.0 Å². The Balaban J connectivity index is 1.52. The second kappa shape index (κ2) is 11.0. The Kier molecular flexibility index (Phi) is 7.62. The van der Waals surface area contributed by atoms with Gasteiger partial charge in [-0.2, -0.15) is 0 Å². The second-order valence-electron chi connectivity index (χ2n) is 8.08. The van der Waals surface area contributed by atoms with Gasteiger partial charge in [0.15, 0.2) is 5.11 Å². The molecule has 0 spiro atoms. The first-order valence-corrected chi connectivity index (χ1v) is 11.7. The van der Waals surface area contributed by atoms with Crippen LogP contribution in [0.5, 0.6) is 11.5 Å². The highest BCUT2D eigenvalue weighted by Gasteiger charge is 2.43. The van der Waals surface area contributed by atoms with Crippen LogP contribution in [0.1, 0.15) is 12.0 Å². The molecule has 1 aliphatic heterocycles. The number of hydrogen-bond donors (Lipinski definition) is 1. The summed E-state index contributed by atoms with van der Waals surface area (Å²) in [6, 6.07) is 23.4. The lowest BCUT2D eigenvalue weighted by Gasteiger charge is -2.24. The van der Waals surface area contributed by atoms with E-state index in [0.717, 1.165) is 11.3 Å². The molecule has 0 saturated carbocycles. The van der Waals surface area contributed by atoms with E-state index < -0.39 is 6.04 Å². The van der Waals surface area contributed by atoms with E-state index in [-0.39, 0.29) is 18.2 Å². The minimum atomic E-state index is -0.695. The molecule has 7 nitrogen and oxygen atoms in total. The lowest BCUT2D eigenvalue weighted by atomic mass is 10.1. The van der Waals surface area contributed by atoms with Crippen molar-refractivity contribution in [3.05, 3.63) is 84.4 Å². The molecule has 0 radical (unpaired) electrons. The topological polar surface area (TPSA) is 71.1 Å². The molecule has 4 rings (SSSR count). The summed E-state index contributed by atoms with van der Waals surface area (Å²) in [6.07, 6.45) is 0.646. The summed E-state index contributed by atoms with van der Waals surface area (Å²) in [4.78, 5) is 29.8. The van der Waals surface area contributed by atoms with Crippen LogP contribution in [0.25, 0.3) is 0 Å². The van der Waals surface area contributed by atoms with Crippen LogP contribution in [-0.4, -0.2) is 48.6 Å². The molecule has 0 bridgehead atoms. The van der Waals surface area contributed by atoms with E-state index in [2.05, 4.69) is 5.32 Å². The molecule has 8 heteroatoms. The van der Waals surface area contributed by atoms with E-state index in [4.69, 9.17) is 21.7 Å². The first-order valence-electron chi connectivity index (χ1n) is 11.3. The van der Waals surface area contributed by atoms with Crippen molar-refractivity contribution in [3.8, 4) is 11.5 Å². The van der Waals surface area contributed by atoms with Crippen LogP contribution in [0.15, 0.2) is 78.9 Å². The minimum absolute atomic E-state index is 0.0169. The van der Waals surface area contributed by atoms with E-state index in [1.165, 1.54) is 4.90 Å². The number of nitrogens with zero attached hydrogens (tertiary/aromatic N) is 2. The Morgan fingerprint density at radius 3 is 2.11 bits per heavy atom. The van der Waals surface area contributed by atoms with Crippen molar-refractivity contribution in [1.29, 1.82) is 0 Å². The normalized spacial score (nSPS) is 15.3. The van der Waals surface area contributed by atoms with Gasteiger partial charge in [0.1, 0.15) is 17.5 Å². The summed E-state index contributed by atoms with van der Waals surface area (Å²) in [7, 11) is 3.21. The zero-order valence-corrected chi connectivity index (χ0v) is 20.5. The molecule has 1 N–H and O–H groups in total. The van der Waals surface area contributed by atoms with Crippen LogP contribution in [0.4, 0.5) is 11.4 Å². The van der Waals surface area contributed by atoms with Gasteiger partial charge >= 0.3 is 0 Å². The Hall–Kier alpha value is -3.91. The average Bonchev–Trinajstić information content (AvgIpc) is 3.12. The lowest BCUT2D eigenvalue weighted by molar-refractivity contribution is -0.124. The zero-order chi connectivity index (χ0) is 24.8. The highest BCUT2D eigenvalue weighted by molar-refractivity contribution is 7.80.